The Balaban J connectivity index is 2.02. The second-order valence-corrected chi connectivity index (χ2v) is 13.3. The van der Waals surface area contributed by atoms with Crippen LogP contribution in [0.1, 0.15) is 26.3 Å². The second kappa shape index (κ2) is 10.9. The van der Waals surface area contributed by atoms with Crippen LogP contribution in [0.25, 0.3) is 0 Å². The zero-order valence-corrected chi connectivity index (χ0v) is 22.3. The molecule has 0 unspecified atom stereocenters. The van der Waals surface area contributed by atoms with Crippen molar-refractivity contribution in [3.63, 3.8) is 0 Å². The predicted molar refractivity (Wildman–Crippen MR) is 156 cm³/mol. The van der Waals surface area contributed by atoms with Gasteiger partial charge in [0.05, 0.1) is 6.20 Å². The van der Waals surface area contributed by atoms with Crippen molar-refractivity contribution in [2.45, 2.75) is 27.7 Å². The number of amides is 1. The van der Waals surface area contributed by atoms with Crippen molar-refractivity contribution >= 4 is 34.8 Å². The number of carbonyl (C=O) groups excluding carboxylic acids is 1. The molecule has 0 radical (unpaired) electrons. The maximum Gasteiger partial charge on any atom is 0.232 e. The van der Waals surface area contributed by atoms with E-state index in [1.807, 2.05) is 45.2 Å². The van der Waals surface area contributed by atoms with Gasteiger partial charge in [-0.15, -0.1) is 0 Å². The summed E-state index contributed by atoms with van der Waals surface area (Å²) in [6, 6.07) is 39.9. The topological polar surface area (TPSA) is 41.1 Å². The minimum absolute atomic E-state index is 0.0216. The number of aryl methyl sites for hydroxylation is 1. The quantitative estimate of drug-likeness (QED) is 0.294. The third-order valence-corrected chi connectivity index (χ3v) is 10.3. The lowest BCUT2D eigenvalue weighted by molar-refractivity contribution is -0.127. The number of hydrogen-bond donors (Lipinski definition) is 2. The van der Waals surface area contributed by atoms with Gasteiger partial charge in [0.25, 0.3) is 0 Å². The van der Waals surface area contributed by atoms with Gasteiger partial charge >= 0.3 is 0 Å². The lowest BCUT2D eigenvalue weighted by Crippen LogP contribution is -2.42. The predicted octanol–water partition coefficient (Wildman–Crippen LogP) is 6.36. The first-order valence-corrected chi connectivity index (χ1v) is 14.0. The fraction of sp³-hybridized carbons (Fsp3) is 0.156. The molecule has 0 aliphatic rings. The molecule has 0 heterocycles. The molecule has 0 aromatic heterocycles. The standard InChI is InChI=1S/C32H33N2OP/c1-25-20-22-26(23-21-25)33-24-30(34-31(35)32(2,3)4)36(27-14-8-5-9-15-27,28-16-10-6-11-17-28)29-18-12-7-13-19-29/h5-24,33H,1-4H3/p+1. The molecular formula is C32H34N2OP+. The van der Waals surface area contributed by atoms with E-state index in [0.717, 1.165) is 11.1 Å². The van der Waals surface area contributed by atoms with Crippen molar-refractivity contribution in [2.24, 2.45) is 5.41 Å². The number of benzene rings is 4. The maximum absolute atomic E-state index is 13.5. The van der Waals surface area contributed by atoms with Crippen LogP contribution in [0.3, 0.4) is 0 Å². The van der Waals surface area contributed by atoms with Crippen LogP contribution in [-0.2, 0) is 4.79 Å². The molecule has 1 amide bonds. The molecule has 0 aliphatic heterocycles. The van der Waals surface area contributed by atoms with Crippen molar-refractivity contribution in [3.8, 4) is 0 Å². The molecule has 0 aliphatic carbocycles. The van der Waals surface area contributed by atoms with E-state index in [0.29, 0.717) is 0 Å². The van der Waals surface area contributed by atoms with E-state index >= 15 is 0 Å². The third-order valence-electron chi connectivity index (χ3n) is 6.14. The van der Waals surface area contributed by atoms with Crippen LogP contribution in [0.5, 0.6) is 0 Å². The Kier molecular flexibility index (Phi) is 7.72. The van der Waals surface area contributed by atoms with Gasteiger partial charge in [-0.05, 0) is 55.5 Å². The van der Waals surface area contributed by atoms with E-state index in [1.165, 1.54) is 21.5 Å². The Morgan fingerprint density at radius 1 is 0.667 bits per heavy atom. The Morgan fingerprint density at radius 2 is 1.08 bits per heavy atom. The van der Waals surface area contributed by atoms with Gasteiger partial charge < -0.3 is 5.32 Å². The van der Waals surface area contributed by atoms with Crippen LogP contribution in [0.4, 0.5) is 5.69 Å². The molecule has 0 fully saturated rings. The maximum atomic E-state index is 13.5. The summed E-state index contributed by atoms with van der Waals surface area (Å²) in [7, 11) is -2.47. The largest absolute Gasteiger partial charge is 0.357 e. The summed E-state index contributed by atoms with van der Waals surface area (Å²) in [6.45, 7) is 7.91. The Labute approximate surface area is 215 Å². The van der Waals surface area contributed by atoms with Gasteiger partial charge in [-0.25, -0.2) is 0 Å². The molecule has 4 rings (SSSR count). The highest BCUT2D eigenvalue weighted by atomic mass is 31.2. The van der Waals surface area contributed by atoms with Crippen molar-refractivity contribution in [3.05, 3.63) is 132 Å². The summed E-state index contributed by atoms with van der Waals surface area (Å²) in [5.41, 5.74) is 2.48. The number of carbonyl (C=O) groups is 1. The first kappa shape index (κ1) is 25.4. The molecule has 0 saturated carbocycles. The van der Waals surface area contributed by atoms with E-state index in [-0.39, 0.29) is 5.91 Å². The Bertz CT molecular complexity index is 1210. The van der Waals surface area contributed by atoms with Gasteiger partial charge in [-0.1, -0.05) is 93.1 Å². The first-order valence-electron chi connectivity index (χ1n) is 12.2. The van der Waals surface area contributed by atoms with E-state index in [4.69, 9.17) is 0 Å². The Hall–Kier alpha value is -3.68. The van der Waals surface area contributed by atoms with Crippen molar-refractivity contribution in [2.75, 3.05) is 5.32 Å². The zero-order chi connectivity index (χ0) is 25.6. The second-order valence-electron chi connectivity index (χ2n) is 9.92. The number of rotatable bonds is 7. The summed E-state index contributed by atoms with van der Waals surface area (Å²) in [4.78, 5) is 13.5. The van der Waals surface area contributed by atoms with Crippen molar-refractivity contribution in [1.29, 1.82) is 0 Å². The Morgan fingerprint density at radius 3 is 1.47 bits per heavy atom. The van der Waals surface area contributed by atoms with Gasteiger partial charge in [-0.2, -0.15) is 0 Å². The highest BCUT2D eigenvalue weighted by molar-refractivity contribution is 7.99. The highest BCUT2D eigenvalue weighted by Gasteiger charge is 2.51. The zero-order valence-electron chi connectivity index (χ0n) is 21.4. The molecule has 182 valence electrons. The van der Waals surface area contributed by atoms with Crippen LogP contribution >= 0.6 is 7.26 Å². The molecule has 4 aromatic carbocycles. The molecule has 0 bridgehead atoms. The van der Waals surface area contributed by atoms with E-state index in [2.05, 4.69) is 115 Å². The molecule has 4 heteroatoms. The van der Waals surface area contributed by atoms with Crippen LogP contribution in [0.15, 0.2) is 127 Å². The van der Waals surface area contributed by atoms with Crippen LogP contribution in [0.2, 0.25) is 0 Å². The van der Waals surface area contributed by atoms with E-state index in [1.54, 1.807) is 0 Å². The van der Waals surface area contributed by atoms with Gasteiger partial charge in [0, 0.05) is 11.1 Å². The molecule has 36 heavy (non-hydrogen) atoms. The molecule has 0 spiro atoms. The highest BCUT2D eigenvalue weighted by Crippen LogP contribution is 2.61. The first-order chi connectivity index (χ1) is 17.3. The summed E-state index contributed by atoms with van der Waals surface area (Å²) in [6.07, 6.45) is 2.00. The number of hydrogen-bond acceptors (Lipinski definition) is 2. The fourth-order valence-electron chi connectivity index (χ4n) is 4.14. The van der Waals surface area contributed by atoms with Crippen molar-refractivity contribution < 1.29 is 4.79 Å². The number of nitrogens with one attached hydrogen (secondary N) is 2. The normalized spacial score (nSPS) is 12.2. The molecule has 4 aromatic rings. The summed E-state index contributed by atoms with van der Waals surface area (Å²) in [5, 5.41) is 10.4. The molecule has 0 atom stereocenters. The van der Waals surface area contributed by atoms with Crippen LogP contribution < -0.4 is 26.5 Å². The van der Waals surface area contributed by atoms with Gasteiger partial charge in [0.2, 0.25) is 5.91 Å². The van der Waals surface area contributed by atoms with Gasteiger partial charge in [0.15, 0.2) is 12.7 Å². The molecule has 3 nitrogen and oxygen atoms in total. The van der Waals surface area contributed by atoms with E-state index in [9.17, 15) is 4.79 Å². The van der Waals surface area contributed by atoms with E-state index < -0.39 is 12.7 Å². The van der Waals surface area contributed by atoms with Gasteiger partial charge in [0.1, 0.15) is 15.9 Å². The van der Waals surface area contributed by atoms with Crippen molar-refractivity contribution in [1.82, 2.24) is 5.32 Å². The molecular weight excluding hydrogens is 459 g/mol. The average Bonchev–Trinajstić information content (AvgIpc) is 2.90. The average molecular weight is 494 g/mol. The molecule has 2 N–H and O–H groups in total. The van der Waals surface area contributed by atoms with Gasteiger partial charge in [-0.3, -0.25) is 10.1 Å². The van der Waals surface area contributed by atoms with Crippen LogP contribution in [-0.4, -0.2) is 5.91 Å². The smallest absolute Gasteiger partial charge is 0.232 e. The summed E-state index contributed by atoms with van der Waals surface area (Å²) in [5.74, 6) is -0.0216. The lowest BCUT2D eigenvalue weighted by Gasteiger charge is -2.31. The molecule has 0 saturated heterocycles. The third kappa shape index (κ3) is 5.42. The minimum atomic E-state index is -2.47. The lowest BCUT2D eigenvalue weighted by atomic mass is 9.96. The monoisotopic (exact) mass is 493 g/mol. The van der Waals surface area contributed by atoms with Crippen LogP contribution in [0, 0.1) is 12.3 Å². The number of anilines is 1. The summed E-state index contributed by atoms with van der Waals surface area (Å²) >= 11 is 0. The SMILES string of the molecule is Cc1ccc(NC=C(NC(=O)C(C)(C)C)[P+](c2ccccc2)(c2ccccc2)c2ccccc2)cc1. The minimum Gasteiger partial charge on any atom is -0.357 e. The summed E-state index contributed by atoms with van der Waals surface area (Å²) < 4.78 is 0. The fourth-order valence-corrected chi connectivity index (χ4v) is 8.26.